The predicted molar refractivity (Wildman–Crippen MR) is 226 cm³/mol. The topological polar surface area (TPSA) is 187 Å². The van der Waals surface area contributed by atoms with Gasteiger partial charge in [-0.2, -0.15) is 0 Å². The van der Waals surface area contributed by atoms with Gasteiger partial charge in [0.05, 0.1) is 66.6 Å². The number of esters is 1. The Morgan fingerprint density at radius 2 is 1.70 bits per heavy atom. The van der Waals surface area contributed by atoms with Crippen LogP contribution < -0.4 is 0 Å². The molecule has 60 heavy (non-hydrogen) atoms. The summed E-state index contributed by atoms with van der Waals surface area (Å²) >= 11 is 0. The number of carbonyl (C=O) groups is 1. The monoisotopic (exact) mass is 855 g/mol. The highest BCUT2D eigenvalue weighted by atomic mass is 16.7. The summed E-state index contributed by atoms with van der Waals surface area (Å²) in [7, 11) is 3.43. The van der Waals surface area contributed by atoms with Crippen LogP contribution in [0.3, 0.4) is 0 Å². The van der Waals surface area contributed by atoms with E-state index in [0.29, 0.717) is 30.7 Å². The van der Waals surface area contributed by atoms with Gasteiger partial charge in [0.15, 0.2) is 12.6 Å². The number of nitrogens with zero attached hydrogens (tertiary/aromatic N) is 2. The largest absolute Gasteiger partial charge is 0.459 e. The van der Waals surface area contributed by atoms with E-state index >= 15 is 0 Å². The maximum atomic E-state index is 14.6. The molecule has 4 saturated heterocycles. The molecule has 0 radical (unpaired) electrons. The molecule has 4 rings (SSSR count). The number of cyclic esters (lactones) is 1. The number of aliphatic hydroxyl groups excluding tert-OH is 2. The molecule has 0 spiro atoms. The van der Waals surface area contributed by atoms with Gasteiger partial charge in [0, 0.05) is 50.3 Å². The molecule has 4 heterocycles. The first-order chi connectivity index (χ1) is 27.6. The van der Waals surface area contributed by atoms with Crippen LogP contribution in [0.4, 0.5) is 0 Å². The Morgan fingerprint density at radius 3 is 2.30 bits per heavy atom. The highest BCUT2D eigenvalue weighted by Gasteiger charge is 2.55. The van der Waals surface area contributed by atoms with Crippen molar-refractivity contribution in [3.05, 3.63) is 12.2 Å². The zero-order valence-electron chi connectivity index (χ0n) is 37.5. The summed E-state index contributed by atoms with van der Waals surface area (Å²) in [6.07, 6.45) is -2.04. The van der Waals surface area contributed by atoms with E-state index in [1.54, 1.807) is 34.6 Å². The highest BCUT2D eigenvalue weighted by Crippen LogP contribution is 2.43. The van der Waals surface area contributed by atoms with Crippen LogP contribution in [0.5, 0.6) is 0 Å². The maximum Gasteiger partial charge on any atom is 0.311 e. The van der Waals surface area contributed by atoms with E-state index < -0.39 is 102 Å². The number of likely N-dealkylation sites (N-methyl/N-ethyl adjacent to an activating group) is 1. The number of fused-ring (bicyclic) bond motifs is 5. The fourth-order valence-electron chi connectivity index (χ4n) is 9.87. The van der Waals surface area contributed by atoms with E-state index in [9.17, 15) is 25.3 Å². The fraction of sp³-hybridized carbons (Fsp3) is 0.867. The molecule has 0 saturated carbocycles. The molecule has 4 unspecified atom stereocenters. The second-order valence-electron chi connectivity index (χ2n) is 18.3. The van der Waals surface area contributed by atoms with Crippen molar-refractivity contribution in [3.63, 3.8) is 0 Å². The smallest absolute Gasteiger partial charge is 0.311 e. The molecule has 15 nitrogen and oxygen atoms in total. The fourth-order valence-corrected chi connectivity index (χ4v) is 9.87. The molecule has 346 valence electrons. The number of oxime groups is 1. The van der Waals surface area contributed by atoms with Gasteiger partial charge < -0.3 is 58.4 Å². The zero-order valence-corrected chi connectivity index (χ0v) is 37.5. The van der Waals surface area contributed by atoms with Crippen LogP contribution in [-0.2, 0) is 42.7 Å². The molecule has 4 fully saturated rings. The van der Waals surface area contributed by atoms with Crippen LogP contribution in [-0.4, -0.2) is 155 Å². The Bertz CT molecular complexity index is 1490. The summed E-state index contributed by atoms with van der Waals surface area (Å²) in [6, 6.07) is -0.357. The number of methoxy groups -OCH3 is 1. The summed E-state index contributed by atoms with van der Waals surface area (Å²) in [4.78, 5) is 16.6. The number of hydrogen-bond donors (Lipinski definition) is 4. The van der Waals surface area contributed by atoms with E-state index in [0.717, 1.165) is 0 Å². The van der Waals surface area contributed by atoms with Crippen molar-refractivity contribution in [1.82, 2.24) is 4.90 Å². The Kier molecular flexibility index (Phi) is 18.6. The number of rotatable bonds is 9. The van der Waals surface area contributed by atoms with E-state index in [4.69, 9.17) is 44.3 Å². The van der Waals surface area contributed by atoms with Gasteiger partial charge in [-0.1, -0.05) is 46.9 Å². The van der Waals surface area contributed by atoms with Crippen LogP contribution in [0.1, 0.15) is 109 Å². The van der Waals surface area contributed by atoms with Crippen LogP contribution in [0.15, 0.2) is 17.3 Å². The van der Waals surface area contributed by atoms with E-state index in [1.807, 2.05) is 46.6 Å². The molecule has 0 aromatic rings. The van der Waals surface area contributed by atoms with Gasteiger partial charge in [0.2, 0.25) is 0 Å². The number of terminal acetylenes is 1. The molecular weight excluding hydrogens is 776 g/mol. The SMILES string of the molecule is C.C#CCCN(C)[C@H]1C[C@@H](C)O[C@@H](OC2[C@@H](C)[C@H](OC3C[C@@](C)(OC)[C@@H](O)C(C)O3)[C@@H](C)C(=O)O[C@H](CC)[C@@](C)(O)C3OCC(=C)CO[C@]2(C)C[C@@H](C)/C(=N\O)[C@@H]3C)[C@@H]1O. The lowest BCUT2D eigenvalue weighted by Crippen LogP contribution is -2.62. The standard InChI is InChI=1S/C44H74N2O13.CH4/c1-15-17-18-46(13)31-19-26(5)55-41(35(31)47)59-38-28(7)36(58-33-21-42(10,52-14)37(48)30(9)56-33)29(8)40(49)57-32(16-2)44(12,50)39-27(6)34(45-51)25(4)20-43(38,11)54-23-24(3)22-53-39;/h1,25-33,35-39,41,47-48,50-51H,3,16-23H2,2,4-14H3;1H4/b45-34+;/t25-,26-,27+,28+,29-,30?,31+,32-,33?,35-,36+,37+,38?,39?,41+,42-,43-,44-;/m1./s1. The molecule has 4 N–H and O–H groups in total. The number of ether oxygens (including phenoxy) is 8. The van der Waals surface area contributed by atoms with Gasteiger partial charge in [-0.25, -0.2) is 0 Å². The molecular formula is C45H78N2O13. The van der Waals surface area contributed by atoms with Crippen molar-refractivity contribution in [2.45, 2.75) is 193 Å². The summed E-state index contributed by atoms with van der Waals surface area (Å²) in [5.74, 6) is -0.863. The van der Waals surface area contributed by atoms with Crippen molar-refractivity contribution in [2.24, 2.45) is 28.8 Å². The Hall–Kier alpha value is -2.20. The lowest BCUT2D eigenvalue weighted by molar-refractivity contribution is -0.320. The highest BCUT2D eigenvalue weighted by molar-refractivity contribution is 5.88. The lowest BCUT2D eigenvalue weighted by Gasteiger charge is -2.50. The molecule has 15 heteroatoms. The Balaban J connectivity index is 0.00000961. The van der Waals surface area contributed by atoms with Crippen LogP contribution in [0.2, 0.25) is 0 Å². The van der Waals surface area contributed by atoms with Crippen LogP contribution in [0, 0.1) is 36.0 Å². The van der Waals surface area contributed by atoms with Crippen LogP contribution >= 0.6 is 0 Å². The minimum atomic E-state index is -1.76. The number of carbonyl (C=O) groups excluding carboxylic acids is 1. The average molecular weight is 855 g/mol. The van der Waals surface area contributed by atoms with E-state index in [-0.39, 0.29) is 52.0 Å². The van der Waals surface area contributed by atoms with Gasteiger partial charge >= 0.3 is 5.97 Å². The number of aliphatic hydroxyl groups is 3. The third-order valence-electron chi connectivity index (χ3n) is 13.5. The van der Waals surface area contributed by atoms with Crippen molar-refractivity contribution >= 4 is 11.7 Å². The molecule has 0 aromatic carbocycles. The summed E-state index contributed by atoms with van der Waals surface area (Å²) in [5.41, 5.74) is -3.17. The Labute approximate surface area is 359 Å². The van der Waals surface area contributed by atoms with Crippen molar-refractivity contribution in [1.29, 1.82) is 0 Å². The van der Waals surface area contributed by atoms with Gasteiger partial charge in [-0.05, 0) is 73.4 Å². The summed E-state index contributed by atoms with van der Waals surface area (Å²) in [6.45, 7) is 22.8. The molecule has 0 aliphatic carbocycles. The van der Waals surface area contributed by atoms with E-state index in [1.165, 1.54) is 7.11 Å². The zero-order chi connectivity index (χ0) is 44.2. The first-order valence-electron chi connectivity index (χ1n) is 21.3. The van der Waals surface area contributed by atoms with E-state index in [2.05, 4.69) is 17.7 Å². The summed E-state index contributed by atoms with van der Waals surface area (Å²) in [5, 5.41) is 49.9. The van der Waals surface area contributed by atoms with Gasteiger partial charge in [-0.15, -0.1) is 12.3 Å². The molecule has 0 aromatic heterocycles. The molecule has 18 atom stereocenters. The molecule has 4 aliphatic heterocycles. The lowest BCUT2D eigenvalue weighted by atomic mass is 9.73. The van der Waals surface area contributed by atoms with Gasteiger partial charge in [0.1, 0.15) is 23.9 Å². The first kappa shape index (κ1) is 52.1. The third-order valence-corrected chi connectivity index (χ3v) is 13.5. The quantitative estimate of drug-likeness (QED) is 0.0823. The maximum absolute atomic E-state index is 14.6. The summed E-state index contributed by atoms with van der Waals surface area (Å²) < 4.78 is 52.0. The Morgan fingerprint density at radius 1 is 1.03 bits per heavy atom. The minimum absolute atomic E-state index is 0. The number of hydrogen-bond acceptors (Lipinski definition) is 15. The second kappa shape index (κ2) is 21.5. The van der Waals surface area contributed by atoms with Crippen LogP contribution in [0.25, 0.3) is 0 Å². The van der Waals surface area contributed by atoms with Crippen molar-refractivity contribution in [3.8, 4) is 12.3 Å². The minimum Gasteiger partial charge on any atom is -0.459 e. The van der Waals surface area contributed by atoms with Gasteiger partial charge in [0.25, 0.3) is 0 Å². The molecule has 2 bridgehead atoms. The average Bonchev–Trinajstić information content (AvgIpc) is 3.19. The third kappa shape index (κ3) is 11.3. The van der Waals surface area contributed by atoms with Crippen molar-refractivity contribution in [2.75, 3.05) is 33.9 Å². The molecule has 0 amide bonds. The normalized spacial score (nSPS) is 45.7. The second-order valence-corrected chi connectivity index (χ2v) is 18.3. The first-order valence-corrected chi connectivity index (χ1v) is 21.3. The predicted octanol–water partition coefficient (Wildman–Crippen LogP) is 4.69. The van der Waals surface area contributed by atoms with Crippen molar-refractivity contribution < 1.29 is 63.2 Å². The molecule has 4 aliphatic rings. The van der Waals surface area contributed by atoms with Gasteiger partial charge in [-0.3, -0.25) is 9.69 Å².